The standard InChI is InChI=1S/C13H26N2S/c1-15(12-6-9-16-10-12)13(11-14)7-4-2-3-5-8-13/h12H,2-11,14H2,1H3. The Labute approximate surface area is 104 Å². The zero-order valence-electron chi connectivity index (χ0n) is 10.6. The normalized spacial score (nSPS) is 30.6. The van der Waals surface area contributed by atoms with Crippen LogP contribution in [-0.2, 0) is 0 Å². The molecule has 1 heterocycles. The van der Waals surface area contributed by atoms with Gasteiger partial charge in [-0.3, -0.25) is 4.90 Å². The summed E-state index contributed by atoms with van der Waals surface area (Å²) in [6.45, 7) is 0.852. The van der Waals surface area contributed by atoms with E-state index in [1.807, 2.05) is 0 Å². The molecule has 0 bridgehead atoms. The number of nitrogens with zero attached hydrogens (tertiary/aromatic N) is 1. The summed E-state index contributed by atoms with van der Waals surface area (Å²) in [5.41, 5.74) is 6.45. The van der Waals surface area contributed by atoms with Gasteiger partial charge in [0, 0.05) is 23.9 Å². The molecule has 2 N–H and O–H groups in total. The topological polar surface area (TPSA) is 29.3 Å². The second-order valence-electron chi connectivity index (χ2n) is 5.47. The number of nitrogens with two attached hydrogens (primary N) is 1. The summed E-state index contributed by atoms with van der Waals surface area (Å²) >= 11 is 2.11. The summed E-state index contributed by atoms with van der Waals surface area (Å²) in [5, 5.41) is 0. The Morgan fingerprint density at radius 2 is 1.94 bits per heavy atom. The van der Waals surface area contributed by atoms with Crippen LogP contribution in [0.1, 0.15) is 44.9 Å². The summed E-state index contributed by atoms with van der Waals surface area (Å²) in [7, 11) is 2.33. The van der Waals surface area contributed by atoms with Crippen molar-refractivity contribution in [2.24, 2.45) is 5.73 Å². The average molecular weight is 242 g/mol. The molecule has 0 spiro atoms. The van der Waals surface area contributed by atoms with Crippen LogP contribution in [0.15, 0.2) is 0 Å². The van der Waals surface area contributed by atoms with Crippen LogP contribution in [0.25, 0.3) is 0 Å². The van der Waals surface area contributed by atoms with Crippen LogP contribution < -0.4 is 5.73 Å². The molecule has 1 aliphatic heterocycles. The molecule has 1 saturated heterocycles. The van der Waals surface area contributed by atoms with Crippen LogP contribution in [0.2, 0.25) is 0 Å². The Balaban J connectivity index is 2.05. The van der Waals surface area contributed by atoms with Gasteiger partial charge in [-0.1, -0.05) is 25.7 Å². The third kappa shape index (κ3) is 2.57. The smallest absolute Gasteiger partial charge is 0.0331 e. The molecule has 94 valence electrons. The first-order valence-corrected chi connectivity index (χ1v) is 7.95. The van der Waals surface area contributed by atoms with Crippen LogP contribution in [0.4, 0.5) is 0 Å². The number of likely N-dealkylation sites (N-methyl/N-ethyl adjacent to an activating group) is 1. The third-order valence-electron chi connectivity index (χ3n) is 4.62. The summed E-state index contributed by atoms with van der Waals surface area (Å²) in [6, 6.07) is 0.784. The third-order valence-corrected chi connectivity index (χ3v) is 5.76. The van der Waals surface area contributed by atoms with Gasteiger partial charge in [0.25, 0.3) is 0 Å². The highest BCUT2D eigenvalue weighted by atomic mass is 32.2. The molecule has 3 heteroatoms. The van der Waals surface area contributed by atoms with Gasteiger partial charge in [0.2, 0.25) is 0 Å². The highest BCUT2D eigenvalue weighted by Crippen LogP contribution is 2.35. The van der Waals surface area contributed by atoms with Gasteiger partial charge < -0.3 is 5.73 Å². The second-order valence-corrected chi connectivity index (χ2v) is 6.62. The highest BCUT2D eigenvalue weighted by molar-refractivity contribution is 7.99. The van der Waals surface area contributed by atoms with Crippen molar-refractivity contribution in [1.29, 1.82) is 0 Å². The monoisotopic (exact) mass is 242 g/mol. The van der Waals surface area contributed by atoms with Crippen LogP contribution in [-0.4, -0.2) is 41.6 Å². The molecule has 2 fully saturated rings. The zero-order valence-corrected chi connectivity index (χ0v) is 11.4. The molecular weight excluding hydrogens is 216 g/mol. The predicted molar refractivity (Wildman–Crippen MR) is 73.0 cm³/mol. The molecule has 0 aromatic carbocycles. The van der Waals surface area contributed by atoms with Gasteiger partial charge in [-0.2, -0.15) is 11.8 Å². The molecule has 2 rings (SSSR count). The molecule has 1 saturated carbocycles. The first-order chi connectivity index (χ1) is 7.78. The van der Waals surface area contributed by atoms with Crippen molar-refractivity contribution in [3.8, 4) is 0 Å². The molecule has 0 radical (unpaired) electrons. The highest BCUT2D eigenvalue weighted by Gasteiger charge is 2.37. The maximum atomic E-state index is 6.13. The van der Waals surface area contributed by atoms with Crippen LogP contribution in [0, 0.1) is 0 Å². The summed E-state index contributed by atoms with van der Waals surface area (Å²) in [6.07, 6.45) is 9.58. The van der Waals surface area contributed by atoms with Crippen LogP contribution >= 0.6 is 11.8 Å². The van der Waals surface area contributed by atoms with Crippen LogP contribution in [0.5, 0.6) is 0 Å². The largest absolute Gasteiger partial charge is 0.329 e. The van der Waals surface area contributed by atoms with Gasteiger partial charge in [0.15, 0.2) is 0 Å². The molecule has 2 aliphatic rings. The lowest BCUT2D eigenvalue weighted by Crippen LogP contribution is -2.55. The molecule has 0 aromatic rings. The molecule has 2 nitrogen and oxygen atoms in total. The molecule has 1 aliphatic carbocycles. The molecule has 0 aromatic heterocycles. The van der Waals surface area contributed by atoms with E-state index in [1.54, 1.807) is 0 Å². The van der Waals surface area contributed by atoms with Gasteiger partial charge >= 0.3 is 0 Å². The lowest BCUT2D eigenvalue weighted by molar-refractivity contribution is 0.0724. The van der Waals surface area contributed by atoms with Gasteiger partial charge in [-0.15, -0.1) is 0 Å². The van der Waals surface area contributed by atoms with Crippen molar-refractivity contribution < 1.29 is 0 Å². The lowest BCUT2D eigenvalue weighted by atomic mass is 9.87. The van der Waals surface area contributed by atoms with Crippen molar-refractivity contribution >= 4 is 11.8 Å². The van der Waals surface area contributed by atoms with E-state index in [2.05, 4.69) is 23.7 Å². The molecule has 1 atom stereocenters. The van der Waals surface area contributed by atoms with Crippen molar-refractivity contribution in [3.05, 3.63) is 0 Å². The second kappa shape index (κ2) is 5.74. The lowest BCUT2D eigenvalue weighted by Gasteiger charge is -2.44. The SMILES string of the molecule is CN(C1CCSC1)C1(CN)CCCCCC1. The van der Waals surface area contributed by atoms with Crippen molar-refractivity contribution in [2.75, 3.05) is 25.1 Å². The Kier molecular flexibility index (Phi) is 4.57. The van der Waals surface area contributed by atoms with E-state index in [4.69, 9.17) is 5.73 Å². The van der Waals surface area contributed by atoms with E-state index in [-0.39, 0.29) is 0 Å². The zero-order chi connectivity index (χ0) is 11.4. The van der Waals surface area contributed by atoms with Crippen molar-refractivity contribution in [3.63, 3.8) is 0 Å². The summed E-state index contributed by atoms with van der Waals surface area (Å²) < 4.78 is 0. The van der Waals surface area contributed by atoms with E-state index in [1.165, 1.54) is 56.5 Å². The quantitative estimate of drug-likeness (QED) is 0.771. The van der Waals surface area contributed by atoms with E-state index < -0.39 is 0 Å². The number of rotatable bonds is 3. The molecule has 16 heavy (non-hydrogen) atoms. The summed E-state index contributed by atoms with van der Waals surface area (Å²) in [5.74, 6) is 2.66. The Morgan fingerprint density at radius 1 is 1.25 bits per heavy atom. The first kappa shape index (κ1) is 12.7. The molecular formula is C13H26N2S. The Morgan fingerprint density at radius 3 is 2.44 bits per heavy atom. The summed E-state index contributed by atoms with van der Waals surface area (Å²) in [4.78, 5) is 2.65. The van der Waals surface area contributed by atoms with Gasteiger partial charge in [0.1, 0.15) is 0 Å². The minimum atomic E-state index is 0.325. The van der Waals surface area contributed by atoms with Gasteiger partial charge in [-0.05, 0) is 32.1 Å². The maximum absolute atomic E-state index is 6.13. The van der Waals surface area contributed by atoms with E-state index >= 15 is 0 Å². The molecule has 0 amide bonds. The number of hydrogen-bond acceptors (Lipinski definition) is 3. The molecule has 1 unspecified atom stereocenters. The Bertz CT molecular complexity index is 206. The minimum absolute atomic E-state index is 0.325. The van der Waals surface area contributed by atoms with Gasteiger partial charge in [0.05, 0.1) is 0 Å². The van der Waals surface area contributed by atoms with Gasteiger partial charge in [-0.25, -0.2) is 0 Å². The predicted octanol–water partition coefficient (Wildman–Crippen LogP) is 2.48. The van der Waals surface area contributed by atoms with Crippen molar-refractivity contribution in [1.82, 2.24) is 4.90 Å². The maximum Gasteiger partial charge on any atom is 0.0331 e. The number of thioether (sulfide) groups is 1. The first-order valence-electron chi connectivity index (χ1n) is 6.79. The van der Waals surface area contributed by atoms with Crippen LogP contribution in [0.3, 0.4) is 0 Å². The fourth-order valence-electron chi connectivity index (χ4n) is 3.30. The van der Waals surface area contributed by atoms with E-state index in [9.17, 15) is 0 Å². The van der Waals surface area contributed by atoms with E-state index in [0.717, 1.165) is 12.6 Å². The average Bonchev–Trinajstić information content (AvgIpc) is 2.73. The van der Waals surface area contributed by atoms with Crippen molar-refractivity contribution in [2.45, 2.75) is 56.5 Å². The van der Waals surface area contributed by atoms with E-state index in [0.29, 0.717) is 5.54 Å². The fourth-order valence-corrected chi connectivity index (χ4v) is 4.57. The number of hydrogen-bond donors (Lipinski definition) is 1. The Hall–Kier alpha value is 0.270. The fraction of sp³-hybridized carbons (Fsp3) is 1.00. The minimum Gasteiger partial charge on any atom is -0.329 e.